The third-order valence-electron chi connectivity index (χ3n) is 4.87. The molecule has 3 heterocycles. The van der Waals surface area contributed by atoms with Gasteiger partial charge in [-0.25, -0.2) is 14.4 Å². The second kappa shape index (κ2) is 8.09. The fraction of sp³-hybridized carbons (Fsp3) is 0.0952. The molecule has 160 valence electrons. The number of benzene rings is 2. The highest BCUT2D eigenvalue weighted by Crippen LogP contribution is 2.30. The number of thiazole rings is 2. The van der Waals surface area contributed by atoms with Gasteiger partial charge in [0.25, 0.3) is 5.69 Å². The number of rotatable bonds is 6. The molecule has 0 atom stereocenters. The van der Waals surface area contributed by atoms with E-state index in [-0.39, 0.29) is 23.8 Å². The van der Waals surface area contributed by atoms with Crippen molar-refractivity contribution in [3.63, 3.8) is 0 Å². The van der Waals surface area contributed by atoms with Gasteiger partial charge in [-0.3, -0.25) is 19.3 Å². The lowest BCUT2D eigenvalue weighted by atomic mass is 10.1. The average molecular weight is 468 g/mol. The van der Waals surface area contributed by atoms with Crippen molar-refractivity contribution in [2.45, 2.75) is 12.8 Å². The fourth-order valence-corrected chi connectivity index (χ4v) is 5.13. The van der Waals surface area contributed by atoms with Crippen LogP contribution in [0.5, 0.6) is 0 Å². The van der Waals surface area contributed by atoms with Crippen molar-refractivity contribution in [3.8, 4) is 11.3 Å². The third-order valence-corrected chi connectivity index (χ3v) is 6.69. The molecule has 0 unspecified atom stereocenters. The van der Waals surface area contributed by atoms with E-state index in [1.165, 1.54) is 40.9 Å². The summed E-state index contributed by atoms with van der Waals surface area (Å²) in [7, 11) is 0. The van der Waals surface area contributed by atoms with Crippen molar-refractivity contribution in [2.75, 3.05) is 5.32 Å². The van der Waals surface area contributed by atoms with Crippen molar-refractivity contribution >= 4 is 54.6 Å². The summed E-state index contributed by atoms with van der Waals surface area (Å²) in [5.41, 5.74) is 2.45. The third kappa shape index (κ3) is 3.83. The molecule has 0 saturated heterocycles. The Bertz CT molecular complexity index is 1490. The topological polar surface area (TPSA) is 102 Å². The number of nitrogens with one attached hydrogen (secondary N) is 1. The van der Waals surface area contributed by atoms with Crippen LogP contribution in [-0.4, -0.2) is 25.2 Å². The zero-order valence-electron chi connectivity index (χ0n) is 16.3. The number of hydrogen-bond donors (Lipinski definition) is 1. The normalized spacial score (nSPS) is 11.3. The fourth-order valence-electron chi connectivity index (χ4n) is 3.31. The lowest BCUT2D eigenvalue weighted by Gasteiger charge is -2.01. The van der Waals surface area contributed by atoms with Gasteiger partial charge in [-0.2, -0.15) is 0 Å². The van der Waals surface area contributed by atoms with E-state index in [2.05, 4.69) is 15.3 Å². The van der Waals surface area contributed by atoms with Crippen LogP contribution in [0.2, 0.25) is 0 Å². The van der Waals surface area contributed by atoms with Crippen molar-refractivity contribution in [3.05, 3.63) is 75.7 Å². The second-order valence-corrected chi connectivity index (χ2v) is 8.83. The number of nitrogens with zero attached hydrogens (tertiary/aromatic N) is 4. The Kier molecular flexibility index (Phi) is 5.11. The van der Waals surface area contributed by atoms with E-state index in [0.717, 1.165) is 10.7 Å². The summed E-state index contributed by atoms with van der Waals surface area (Å²) in [5, 5.41) is 16.0. The maximum absolute atomic E-state index is 14.1. The van der Waals surface area contributed by atoms with Crippen molar-refractivity contribution < 1.29 is 14.1 Å². The van der Waals surface area contributed by atoms with Crippen LogP contribution in [0.1, 0.15) is 12.1 Å². The van der Waals surface area contributed by atoms with Crippen molar-refractivity contribution in [1.82, 2.24) is 14.4 Å². The van der Waals surface area contributed by atoms with Gasteiger partial charge in [0.15, 0.2) is 10.1 Å². The molecule has 32 heavy (non-hydrogen) atoms. The number of carbonyl (C=O) groups is 1. The van der Waals surface area contributed by atoms with Gasteiger partial charge in [0.1, 0.15) is 5.82 Å². The Labute approximate surface area is 188 Å². The summed E-state index contributed by atoms with van der Waals surface area (Å²) >= 11 is 2.62. The maximum atomic E-state index is 14.1. The molecule has 5 aromatic rings. The Hall–Kier alpha value is -3.70. The van der Waals surface area contributed by atoms with Crippen LogP contribution in [0.25, 0.3) is 26.4 Å². The minimum absolute atomic E-state index is 0.0180. The number of carbonyl (C=O) groups excluding carboxylic acids is 1. The number of hydrogen-bond acceptors (Lipinski definition) is 7. The Balaban J connectivity index is 1.28. The predicted molar refractivity (Wildman–Crippen MR) is 122 cm³/mol. The average Bonchev–Trinajstić information content (AvgIpc) is 3.46. The van der Waals surface area contributed by atoms with E-state index in [1.807, 2.05) is 9.78 Å². The zero-order chi connectivity index (χ0) is 22.2. The molecule has 1 amide bonds. The van der Waals surface area contributed by atoms with Crippen LogP contribution in [0.4, 0.5) is 15.2 Å². The number of imidazole rings is 1. The van der Waals surface area contributed by atoms with Gasteiger partial charge in [0, 0.05) is 41.4 Å². The van der Waals surface area contributed by atoms with Gasteiger partial charge in [-0.05, 0) is 24.6 Å². The van der Waals surface area contributed by atoms with Gasteiger partial charge >= 0.3 is 0 Å². The summed E-state index contributed by atoms with van der Waals surface area (Å²) < 4.78 is 16.6. The Morgan fingerprint density at radius 1 is 1.22 bits per heavy atom. The van der Waals surface area contributed by atoms with Crippen LogP contribution < -0.4 is 5.32 Å². The monoisotopic (exact) mass is 467 g/mol. The number of non-ortho nitro benzene ring substituents is 1. The molecule has 0 aliphatic rings. The number of nitro groups is 1. The first-order valence-corrected chi connectivity index (χ1v) is 11.2. The zero-order valence-corrected chi connectivity index (χ0v) is 18.0. The van der Waals surface area contributed by atoms with E-state index >= 15 is 0 Å². The number of nitro benzene ring substituents is 1. The number of amides is 1. The molecule has 0 aliphatic heterocycles. The van der Waals surface area contributed by atoms with Crippen LogP contribution in [0, 0.1) is 15.9 Å². The number of aromatic nitrogens is 3. The molecule has 0 bridgehead atoms. The van der Waals surface area contributed by atoms with E-state index in [4.69, 9.17) is 0 Å². The van der Waals surface area contributed by atoms with Gasteiger partial charge in [0.05, 0.1) is 20.8 Å². The molecule has 3 aromatic heterocycles. The van der Waals surface area contributed by atoms with Crippen molar-refractivity contribution in [2.24, 2.45) is 0 Å². The molecule has 1 N–H and O–H groups in total. The van der Waals surface area contributed by atoms with Gasteiger partial charge < -0.3 is 5.32 Å². The van der Waals surface area contributed by atoms with Crippen LogP contribution >= 0.6 is 22.7 Å². The van der Waals surface area contributed by atoms with Crippen LogP contribution in [0.3, 0.4) is 0 Å². The summed E-state index contributed by atoms with van der Waals surface area (Å²) in [6.07, 6.45) is 2.46. The maximum Gasteiger partial charge on any atom is 0.270 e. The summed E-state index contributed by atoms with van der Waals surface area (Å²) in [6, 6.07) is 10.9. The van der Waals surface area contributed by atoms with Gasteiger partial charge in [-0.15, -0.1) is 11.3 Å². The molecular weight excluding hydrogens is 453 g/mol. The van der Waals surface area contributed by atoms with Crippen LogP contribution in [-0.2, 0) is 11.2 Å². The second-order valence-electron chi connectivity index (χ2n) is 6.96. The molecule has 0 radical (unpaired) electrons. The highest BCUT2D eigenvalue weighted by atomic mass is 32.1. The van der Waals surface area contributed by atoms with Gasteiger partial charge in [-0.1, -0.05) is 23.5 Å². The highest BCUT2D eigenvalue weighted by Gasteiger charge is 2.15. The number of halogens is 1. The SMILES string of the molecule is O=C(CCc1csc2nc(-c3ccccc3F)cn12)Nc1nc2ccc([N+](=O)[O-])cc2s1. The first-order valence-electron chi connectivity index (χ1n) is 9.53. The molecule has 8 nitrogen and oxygen atoms in total. The van der Waals surface area contributed by atoms with Crippen LogP contribution in [0.15, 0.2) is 54.0 Å². The smallest absolute Gasteiger partial charge is 0.270 e. The Morgan fingerprint density at radius 3 is 2.88 bits per heavy atom. The molecule has 0 fully saturated rings. The van der Waals surface area contributed by atoms with Gasteiger partial charge in [0.2, 0.25) is 5.91 Å². The standard InChI is InChI=1S/C21H14FN5O3S2/c22-15-4-2-1-3-14(15)17-10-26-13(11-31-21(26)24-17)6-8-19(28)25-20-23-16-7-5-12(27(29)30)9-18(16)32-20/h1-5,7,9-11H,6,8H2,(H,23,25,28). The molecule has 11 heteroatoms. The quantitative estimate of drug-likeness (QED) is 0.270. The lowest BCUT2D eigenvalue weighted by Crippen LogP contribution is -2.12. The highest BCUT2D eigenvalue weighted by molar-refractivity contribution is 7.22. The minimum Gasteiger partial charge on any atom is -0.302 e. The number of aryl methyl sites for hydroxylation is 1. The molecule has 2 aromatic carbocycles. The number of fused-ring (bicyclic) bond motifs is 2. The van der Waals surface area contributed by atoms with E-state index in [9.17, 15) is 19.3 Å². The van der Waals surface area contributed by atoms with E-state index in [1.54, 1.807) is 30.5 Å². The number of anilines is 1. The molecule has 5 rings (SSSR count). The lowest BCUT2D eigenvalue weighted by molar-refractivity contribution is -0.384. The first kappa shape index (κ1) is 20.2. The molecule has 0 spiro atoms. The predicted octanol–water partition coefficient (Wildman–Crippen LogP) is 5.29. The first-order chi connectivity index (χ1) is 15.5. The van der Waals surface area contributed by atoms with E-state index in [0.29, 0.717) is 33.0 Å². The Morgan fingerprint density at radius 2 is 2.06 bits per heavy atom. The molecular formula is C21H14FN5O3S2. The van der Waals surface area contributed by atoms with E-state index < -0.39 is 4.92 Å². The summed E-state index contributed by atoms with van der Waals surface area (Å²) in [6.45, 7) is 0. The minimum atomic E-state index is -0.466. The summed E-state index contributed by atoms with van der Waals surface area (Å²) in [4.78, 5) is 32.4. The largest absolute Gasteiger partial charge is 0.302 e. The molecule has 0 saturated carbocycles. The summed E-state index contributed by atoms with van der Waals surface area (Å²) in [5.74, 6) is -0.548. The van der Waals surface area contributed by atoms with Crippen molar-refractivity contribution in [1.29, 1.82) is 0 Å². The molecule has 0 aliphatic carbocycles.